The van der Waals surface area contributed by atoms with Crippen molar-refractivity contribution in [3.8, 4) is 11.1 Å². The predicted molar refractivity (Wildman–Crippen MR) is 150 cm³/mol. The number of aryl methyl sites for hydroxylation is 1. The number of carbonyl (C=O) groups excluding carboxylic acids is 1. The van der Waals surface area contributed by atoms with Crippen LogP contribution in [0.15, 0.2) is 78.9 Å². The summed E-state index contributed by atoms with van der Waals surface area (Å²) in [6.45, 7) is 3.19. The maximum atomic E-state index is 14.6. The Morgan fingerprint density at radius 3 is 2.00 bits per heavy atom. The molecule has 2 heteroatoms. The van der Waals surface area contributed by atoms with Crippen molar-refractivity contribution in [2.24, 2.45) is 29.1 Å². The summed E-state index contributed by atoms with van der Waals surface area (Å²) in [7, 11) is 0. The molecule has 3 fully saturated rings. The van der Waals surface area contributed by atoms with Gasteiger partial charge in [-0.25, -0.2) is 0 Å². The highest BCUT2D eigenvalue weighted by molar-refractivity contribution is 6.00. The summed E-state index contributed by atoms with van der Waals surface area (Å²) in [6, 6.07) is 28.0. The highest BCUT2D eigenvalue weighted by atomic mass is 16.2. The smallest absolute Gasteiger partial charge is 0.235 e. The molecule has 0 radical (unpaired) electrons. The Morgan fingerprint density at radius 2 is 1.41 bits per heavy atom. The van der Waals surface area contributed by atoms with E-state index in [-0.39, 0.29) is 11.3 Å². The number of amides is 1. The zero-order valence-electron chi connectivity index (χ0n) is 22.1. The van der Waals surface area contributed by atoms with Crippen molar-refractivity contribution in [2.75, 3.05) is 6.54 Å². The molecule has 0 aromatic heterocycles. The second kappa shape index (κ2) is 8.86. The van der Waals surface area contributed by atoms with Crippen molar-refractivity contribution in [3.63, 3.8) is 0 Å². The molecule has 3 aromatic carbocycles. The van der Waals surface area contributed by atoms with E-state index in [0.717, 1.165) is 49.5 Å². The Kier molecular flexibility index (Phi) is 5.57. The molecule has 1 N–H and O–H groups in total. The van der Waals surface area contributed by atoms with Crippen LogP contribution in [-0.2, 0) is 16.6 Å². The molecule has 0 heterocycles. The van der Waals surface area contributed by atoms with Crippen LogP contribution in [0.3, 0.4) is 0 Å². The van der Waals surface area contributed by atoms with Crippen molar-refractivity contribution in [1.29, 1.82) is 0 Å². The van der Waals surface area contributed by atoms with Gasteiger partial charge in [-0.1, -0.05) is 85.8 Å². The van der Waals surface area contributed by atoms with E-state index in [0.29, 0.717) is 0 Å². The molecule has 2 unspecified atom stereocenters. The number of benzene rings is 3. The molecule has 0 aliphatic heterocycles. The Bertz CT molecular complexity index is 1250. The number of carbonyl (C=O) groups is 1. The van der Waals surface area contributed by atoms with Crippen LogP contribution < -0.4 is 5.32 Å². The minimum absolute atomic E-state index is 0.216. The molecule has 3 aromatic rings. The van der Waals surface area contributed by atoms with Crippen LogP contribution in [0.25, 0.3) is 11.1 Å². The van der Waals surface area contributed by atoms with Crippen LogP contribution >= 0.6 is 0 Å². The van der Waals surface area contributed by atoms with Gasteiger partial charge in [-0.2, -0.15) is 0 Å². The maximum absolute atomic E-state index is 14.6. The molecule has 3 saturated carbocycles. The van der Waals surface area contributed by atoms with Crippen molar-refractivity contribution < 1.29 is 4.79 Å². The van der Waals surface area contributed by atoms with Gasteiger partial charge in [0.1, 0.15) is 5.41 Å². The molecule has 0 saturated heterocycles. The minimum atomic E-state index is -0.619. The van der Waals surface area contributed by atoms with Crippen LogP contribution in [-0.4, -0.2) is 12.5 Å². The summed E-state index contributed by atoms with van der Waals surface area (Å²) >= 11 is 0. The fourth-order valence-electron chi connectivity index (χ4n) is 9.03. The van der Waals surface area contributed by atoms with Crippen molar-refractivity contribution in [3.05, 3.63) is 95.6 Å². The van der Waals surface area contributed by atoms with E-state index >= 15 is 0 Å². The van der Waals surface area contributed by atoms with E-state index in [4.69, 9.17) is 0 Å². The summed E-state index contributed by atoms with van der Waals surface area (Å²) in [5, 5.41) is 3.62. The summed E-state index contributed by atoms with van der Waals surface area (Å²) in [4.78, 5) is 14.6. The lowest BCUT2D eigenvalue weighted by atomic mass is 9.39. The molecule has 37 heavy (non-hydrogen) atoms. The molecule has 2 atom stereocenters. The first-order valence-corrected chi connectivity index (χ1v) is 14.7. The quantitative estimate of drug-likeness (QED) is 0.348. The minimum Gasteiger partial charge on any atom is -0.354 e. The van der Waals surface area contributed by atoms with Crippen molar-refractivity contribution >= 4 is 5.91 Å². The molecule has 4 aliphatic carbocycles. The maximum Gasteiger partial charge on any atom is 0.235 e. The molecule has 4 aliphatic rings. The summed E-state index contributed by atoms with van der Waals surface area (Å²) in [5.74, 6) is 4.12. The lowest BCUT2D eigenvalue weighted by Crippen LogP contribution is -2.60. The van der Waals surface area contributed by atoms with E-state index < -0.39 is 5.41 Å². The fourth-order valence-corrected chi connectivity index (χ4v) is 9.03. The summed E-state index contributed by atoms with van der Waals surface area (Å²) in [6.07, 6.45) is 9.49. The van der Waals surface area contributed by atoms with Gasteiger partial charge in [0.25, 0.3) is 0 Å². The topological polar surface area (TPSA) is 29.1 Å². The Labute approximate surface area is 221 Å². The van der Waals surface area contributed by atoms with Gasteiger partial charge in [-0.3, -0.25) is 4.79 Å². The average molecular weight is 490 g/mol. The standard InChI is InChI=1S/C35H39NO/c1-2-34(21-26-19-25-20-27(22-34)32(25)26)23-36-33(37)35(18-10-13-24-11-4-3-5-12-24)30-16-8-6-14-28(30)29-15-7-9-17-31(29)35/h3-9,11-12,14-17,25-27,32H,2,10,13,18-23H2,1H3,(H,36,37). The van der Waals surface area contributed by atoms with Crippen LogP contribution in [0.5, 0.6) is 0 Å². The molecule has 7 rings (SSSR count). The van der Waals surface area contributed by atoms with Gasteiger partial charge >= 0.3 is 0 Å². The van der Waals surface area contributed by atoms with Gasteiger partial charge in [0.15, 0.2) is 0 Å². The Balaban J connectivity index is 1.20. The van der Waals surface area contributed by atoms with Crippen molar-refractivity contribution in [1.82, 2.24) is 5.32 Å². The Hall–Kier alpha value is -2.87. The number of hydrogen-bond donors (Lipinski definition) is 1. The molecule has 190 valence electrons. The van der Waals surface area contributed by atoms with Gasteiger partial charge in [0.2, 0.25) is 5.91 Å². The van der Waals surface area contributed by atoms with E-state index in [9.17, 15) is 4.79 Å². The number of hydrogen-bond acceptors (Lipinski definition) is 1. The third-order valence-electron chi connectivity index (χ3n) is 10.9. The molecule has 0 spiro atoms. The second-order valence-electron chi connectivity index (χ2n) is 12.6. The van der Waals surface area contributed by atoms with E-state index in [1.54, 1.807) is 0 Å². The van der Waals surface area contributed by atoms with Gasteiger partial charge in [0.05, 0.1) is 0 Å². The third kappa shape index (κ3) is 3.55. The first kappa shape index (κ1) is 23.3. The highest BCUT2D eigenvalue weighted by Crippen LogP contribution is 2.67. The van der Waals surface area contributed by atoms with Gasteiger partial charge in [0, 0.05) is 6.54 Å². The molecule has 0 bridgehead atoms. The van der Waals surface area contributed by atoms with E-state index in [1.165, 1.54) is 59.9 Å². The lowest BCUT2D eigenvalue weighted by Gasteiger charge is -2.66. The largest absolute Gasteiger partial charge is 0.354 e. The molecule has 2 nitrogen and oxygen atoms in total. The van der Waals surface area contributed by atoms with Gasteiger partial charge in [-0.05, 0) is 108 Å². The Morgan fingerprint density at radius 1 is 0.811 bits per heavy atom. The van der Waals surface area contributed by atoms with Crippen LogP contribution in [0.2, 0.25) is 0 Å². The third-order valence-corrected chi connectivity index (χ3v) is 10.9. The zero-order valence-corrected chi connectivity index (χ0v) is 22.1. The van der Waals surface area contributed by atoms with Crippen molar-refractivity contribution in [2.45, 2.75) is 63.7 Å². The normalized spacial score (nSPS) is 29.8. The first-order chi connectivity index (χ1) is 18.1. The fraction of sp³-hybridized carbons (Fsp3) is 0.457. The van der Waals surface area contributed by atoms with Crippen LogP contribution in [0.1, 0.15) is 68.6 Å². The summed E-state index contributed by atoms with van der Waals surface area (Å²) in [5.41, 5.74) is 5.84. The van der Waals surface area contributed by atoms with Crippen LogP contribution in [0, 0.1) is 29.1 Å². The highest BCUT2D eigenvalue weighted by Gasteiger charge is 2.60. The summed E-state index contributed by atoms with van der Waals surface area (Å²) < 4.78 is 0. The SMILES string of the molecule is CCC1(CNC(=O)C2(CCCc3ccccc3)c3ccccc3-c3ccccc32)CC2CC3CC(C1)C32. The van der Waals surface area contributed by atoms with E-state index in [1.807, 2.05) is 0 Å². The predicted octanol–water partition coefficient (Wildman–Crippen LogP) is 7.55. The van der Waals surface area contributed by atoms with Gasteiger partial charge in [-0.15, -0.1) is 0 Å². The number of fused-ring (bicyclic) bond motifs is 3. The number of nitrogens with one attached hydrogen (secondary N) is 1. The number of rotatable bonds is 8. The molecular formula is C35H39NO. The zero-order chi connectivity index (χ0) is 25.0. The van der Waals surface area contributed by atoms with Crippen LogP contribution in [0.4, 0.5) is 0 Å². The average Bonchev–Trinajstić information content (AvgIpc) is 3.20. The van der Waals surface area contributed by atoms with E-state index in [2.05, 4.69) is 91.1 Å². The first-order valence-electron chi connectivity index (χ1n) is 14.7. The molecular weight excluding hydrogens is 450 g/mol. The second-order valence-corrected chi connectivity index (χ2v) is 12.6. The van der Waals surface area contributed by atoms with Gasteiger partial charge < -0.3 is 5.32 Å². The lowest BCUT2D eigenvalue weighted by molar-refractivity contribution is -0.162. The molecule has 1 amide bonds. The monoisotopic (exact) mass is 489 g/mol.